The van der Waals surface area contributed by atoms with E-state index in [0.29, 0.717) is 48.6 Å². The van der Waals surface area contributed by atoms with Crippen LogP contribution in [0.2, 0.25) is 0 Å². The van der Waals surface area contributed by atoms with Crippen LogP contribution in [-0.4, -0.2) is 59.2 Å². The Hall–Kier alpha value is -2.78. The van der Waals surface area contributed by atoms with Gasteiger partial charge in [-0.15, -0.1) is 0 Å². The summed E-state index contributed by atoms with van der Waals surface area (Å²) in [5.74, 6) is 1.04. The smallest absolute Gasteiger partial charge is 0.324 e. The SMILES string of the molecule is COc1cc(CCCOC(=O)[C@H]2CCCCN2S(=O)(=O)Cc2ccccc2)cc(OC)c1OC. The van der Waals surface area contributed by atoms with Crippen LogP contribution in [0.15, 0.2) is 42.5 Å². The van der Waals surface area contributed by atoms with E-state index >= 15 is 0 Å². The summed E-state index contributed by atoms with van der Waals surface area (Å²) in [7, 11) is 1.04. The molecule has 0 radical (unpaired) electrons. The van der Waals surface area contributed by atoms with Crippen LogP contribution < -0.4 is 14.2 Å². The van der Waals surface area contributed by atoms with Crippen molar-refractivity contribution in [3.05, 3.63) is 53.6 Å². The Morgan fingerprint density at radius 1 is 0.971 bits per heavy atom. The average molecular weight is 492 g/mol. The van der Waals surface area contributed by atoms with Gasteiger partial charge in [-0.1, -0.05) is 30.3 Å². The minimum Gasteiger partial charge on any atom is -0.493 e. The van der Waals surface area contributed by atoms with E-state index in [0.717, 1.165) is 18.4 Å². The van der Waals surface area contributed by atoms with E-state index in [1.165, 1.54) is 4.31 Å². The number of nitrogens with zero attached hydrogens (tertiary/aromatic N) is 1. The molecule has 34 heavy (non-hydrogen) atoms. The zero-order valence-corrected chi connectivity index (χ0v) is 20.8. The Balaban J connectivity index is 1.58. The summed E-state index contributed by atoms with van der Waals surface area (Å²) in [6.07, 6.45) is 3.21. The summed E-state index contributed by atoms with van der Waals surface area (Å²) in [5.41, 5.74) is 1.65. The Morgan fingerprint density at radius 2 is 1.65 bits per heavy atom. The van der Waals surface area contributed by atoms with Crippen molar-refractivity contribution in [3.8, 4) is 17.2 Å². The van der Waals surface area contributed by atoms with Gasteiger partial charge in [0, 0.05) is 6.54 Å². The van der Waals surface area contributed by atoms with Gasteiger partial charge in [-0.3, -0.25) is 4.79 Å². The third-order valence-corrected chi connectivity index (χ3v) is 7.70. The Labute approximate surface area is 201 Å². The number of ether oxygens (including phenoxy) is 4. The van der Waals surface area contributed by atoms with Crippen molar-refractivity contribution in [1.82, 2.24) is 4.31 Å². The van der Waals surface area contributed by atoms with Crippen LogP contribution in [0.4, 0.5) is 0 Å². The highest BCUT2D eigenvalue weighted by atomic mass is 32.2. The molecule has 0 saturated carbocycles. The zero-order chi connectivity index (χ0) is 24.6. The van der Waals surface area contributed by atoms with Crippen LogP contribution in [0, 0.1) is 0 Å². The van der Waals surface area contributed by atoms with Crippen LogP contribution in [0.25, 0.3) is 0 Å². The highest BCUT2D eigenvalue weighted by Crippen LogP contribution is 2.38. The molecular weight excluding hydrogens is 458 g/mol. The Bertz CT molecular complexity index is 1030. The summed E-state index contributed by atoms with van der Waals surface area (Å²) >= 11 is 0. The largest absolute Gasteiger partial charge is 0.493 e. The van der Waals surface area contributed by atoms with Gasteiger partial charge in [0.1, 0.15) is 6.04 Å². The number of hydrogen-bond donors (Lipinski definition) is 0. The lowest BCUT2D eigenvalue weighted by Gasteiger charge is -2.33. The molecule has 8 nitrogen and oxygen atoms in total. The van der Waals surface area contributed by atoms with Crippen molar-refractivity contribution in [1.29, 1.82) is 0 Å². The number of rotatable bonds is 11. The molecule has 186 valence electrons. The zero-order valence-electron chi connectivity index (χ0n) is 20.0. The Morgan fingerprint density at radius 3 is 2.26 bits per heavy atom. The van der Waals surface area contributed by atoms with Gasteiger partial charge >= 0.3 is 5.97 Å². The molecule has 2 aromatic rings. The van der Waals surface area contributed by atoms with E-state index in [-0.39, 0.29) is 12.4 Å². The van der Waals surface area contributed by atoms with E-state index in [9.17, 15) is 13.2 Å². The van der Waals surface area contributed by atoms with E-state index in [4.69, 9.17) is 18.9 Å². The fraction of sp³-hybridized carbons (Fsp3) is 0.480. The van der Waals surface area contributed by atoms with Gasteiger partial charge in [0.2, 0.25) is 15.8 Å². The number of esters is 1. The average Bonchev–Trinajstić information content (AvgIpc) is 2.86. The van der Waals surface area contributed by atoms with Crippen molar-refractivity contribution in [2.45, 2.75) is 43.9 Å². The summed E-state index contributed by atoms with van der Waals surface area (Å²) in [6, 6.07) is 12.0. The van der Waals surface area contributed by atoms with Gasteiger partial charge in [-0.05, 0) is 55.4 Å². The molecule has 0 unspecified atom stereocenters. The first-order chi connectivity index (χ1) is 16.4. The lowest BCUT2D eigenvalue weighted by molar-refractivity contribution is -0.149. The number of hydrogen-bond acceptors (Lipinski definition) is 7. The van der Waals surface area contributed by atoms with Crippen molar-refractivity contribution < 1.29 is 32.2 Å². The molecule has 0 amide bonds. The first-order valence-electron chi connectivity index (χ1n) is 11.4. The maximum atomic E-state index is 13.0. The number of carbonyl (C=O) groups excluding carboxylic acids is 1. The topological polar surface area (TPSA) is 91.4 Å². The van der Waals surface area contributed by atoms with E-state index in [1.54, 1.807) is 45.6 Å². The third kappa shape index (κ3) is 6.42. The second kappa shape index (κ2) is 12.1. The highest BCUT2D eigenvalue weighted by Gasteiger charge is 2.37. The lowest BCUT2D eigenvalue weighted by atomic mass is 10.1. The maximum absolute atomic E-state index is 13.0. The highest BCUT2D eigenvalue weighted by molar-refractivity contribution is 7.88. The molecule has 1 aliphatic rings. The van der Waals surface area contributed by atoms with E-state index < -0.39 is 22.0 Å². The normalized spacial score (nSPS) is 16.6. The first kappa shape index (κ1) is 25.8. The second-order valence-electron chi connectivity index (χ2n) is 8.17. The third-order valence-electron chi connectivity index (χ3n) is 5.85. The van der Waals surface area contributed by atoms with E-state index in [2.05, 4.69) is 0 Å². The van der Waals surface area contributed by atoms with Gasteiger partial charge in [0.05, 0.1) is 33.7 Å². The molecular formula is C25H33NO7S. The molecule has 0 N–H and O–H groups in total. The fourth-order valence-electron chi connectivity index (χ4n) is 4.17. The van der Waals surface area contributed by atoms with Crippen LogP contribution in [0.3, 0.4) is 0 Å². The molecule has 9 heteroatoms. The molecule has 1 fully saturated rings. The van der Waals surface area contributed by atoms with Crippen LogP contribution in [0.1, 0.15) is 36.8 Å². The molecule has 3 rings (SSSR count). The van der Waals surface area contributed by atoms with Crippen LogP contribution in [-0.2, 0) is 31.7 Å². The van der Waals surface area contributed by atoms with Crippen molar-refractivity contribution in [3.63, 3.8) is 0 Å². The number of piperidine rings is 1. The predicted octanol–water partition coefficient (Wildman–Crippen LogP) is 3.57. The number of methoxy groups -OCH3 is 3. The van der Waals surface area contributed by atoms with Crippen LogP contribution >= 0.6 is 0 Å². The molecule has 1 heterocycles. The minimum absolute atomic E-state index is 0.126. The molecule has 2 aromatic carbocycles. The molecule has 1 aliphatic heterocycles. The number of benzene rings is 2. The van der Waals surface area contributed by atoms with Gasteiger partial charge in [-0.2, -0.15) is 4.31 Å². The van der Waals surface area contributed by atoms with Gasteiger partial charge in [0.25, 0.3) is 0 Å². The van der Waals surface area contributed by atoms with Crippen molar-refractivity contribution in [2.24, 2.45) is 0 Å². The Kier molecular flexibility index (Phi) is 9.18. The molecule has 0 spiro atoms. The maximum Gasteiger partial charge on any atom is 0.324 e. The predicted molar refractivity (Wildman–Crippen MR) is 129 cm³/mol. The quantitative estimate of drug-likeness (QED) is 0.351. The summed E-state index contributed by atoms with van der Waals surface area (Å²) < 4.78 is 49.0. The molecule has 1 atom stereocenters. The number of sulfonamides is 1. The van der Waals surface area contributed by atoms with E-state index in [1.807, 2.05) is 18.2 Å². The second-order valence-corrected chi connectivity index (χ2v) is 10.1. The monoisotopic (exact) mass is 491 g/mol. The van der Waals surface area contributed by atoms with Gasteiger partial charge in [0.15, 0.2) is 11.5 Å². The van der Waals surface area contributed by atoms with Gasteiger partial charge < -0.3 is 18.9 Å². The number of carbonyl (C=O) groups is 1. The lowest BCUT2D eigenvalue weighted by Crippen LogP contribution is -2.49. The fourth-order valence-corrected chi connectivity index (χ4v) is 5.93. The first-order valence-corrected chi connectivity index (χ1v) is 13.0. The molecule has 0 aliphatic carbocycles. The summed E-state index contributed by atoms with van der Waals surface area (Å²) in [6.45, 7) is 0.527. The standard InChI is InChI=1S/C25H33NO7S/c1-30-22-16-20(17-23(31-2)24(22)32-3)12-9-15-33-25(27)21-13-7-8-14-26(21)34(28,29)18-19-10-5-4-6-11-19/h4-6,10-11,16-17,21H,7-9,12-15,18H2,1-3H3/t21-/m1/s1. The molecule has 1 saturated heterocycles. The molecule has 0 aromatic heterocycles. The summed E-state index contributed by atoms with van der Waals surface area (Å²) in [5, 5.41) is 0. The number of aryl methyl sites for hydroxylation is 1. The van der Waals surface area contributed by atoms with Gasteiger partial charge in [-0.25, -0.2) is 8.42 Å². The van der Waals surface area contributed by atoms with Crippen molar-refractivity contribution in [2.75, 3.05) is 34.5 Å². The van der Waals surface area contributed by atoms with Crippen LogP contribution in [0.5, 0.6) is 17.2 Å². The molecule has 0 bridgehead atoms. The summed E-state index contributed by atoms with van der Waals surface area (Å²) in [4.78, 5) is 12.8. The minimum atomic E-state index is -3.63. The van der Waals surface area contributed by atoms with Crippen molar-refractivity contribution >= 4 is 16.0 Å².